The molecule has 5 aromatic rings. The lowest BCUT2D eigenvalue weighted by Crippen LogP contribution is -2.29. The molecule has 1 aromatic heterocycles. The van der Waals surface area contributed by atoms with E-state index in [0.29, 0.717) is 35.4 Å². The van der Waals surface area contributed by atoms with Crippen LogP contribution in [-0.2, 0) is 13.2 Å². The number of aryl methyl sites for hydroxylation is 2. The summed E-state index contributed by atoms with van der Waals surface area (Å²) in [6.07, 6.45) is 0. The first-order valence-electron chi connectivity index (χ1n) is 12.7. The van der Waals surface area contributed by atoms with Crippen LogP contribution in [0.15, 0.2) is 106 Å². The van der Waals surface area contributed by atoms with Gasteiger partial charge in [0.15, 0.2) is 5.43 Å². The molecule has 4 aromatic carbocycles. The lowest BCUT2D eigenvalue weighted by Gasteiger charge is -2.25. The van der Waals surface area contributed by atoms with E-state index in [0.717, 1.165) is 27.8 Å². The monoisotopic (exact) mass is 501 g/mol. The van der Waals surface area contributed by atoms with E-state index in [4.69, 9.17) is 9.15 Å². The predicted molar refractivity (Wildman–Crippen MR) is 147 cm³/mol. The van der Waals surface area contributed by atoms with Crippen LogP contribution < -0.4 is 10.2 Å². The molecule has 1 amide bonds. The number of hydrogen-bond donors (Lipinski definition) is 0. The first kappa shape index (κ1) is 23.7. The second-order valence-electron chi connectivity index (χ2n) is 9.77. The minimum Gasteiger partial charge on any atom is -0.489 e. The summed E-state index contributed by atoms with van der Waals surface area (Å²) < 4.78 is 12.1. The Bertz CT molecular complexity index is 1690. The number of amides is 1. The van der Waals surface area contributed by atoms with Crippen LogP contribution in [-0.4, -0.2) is 10.8 Å². The van der Waals surface area contributed by atoms with Gasteiger partial charge >= 0.3 is 0 Å². The Morgan fingerprint density at radius 3 is 2.11 bits per heavy atom. The Hall–Kier alpha value is -4.64. The molecular weight excluding hydrogens is 474 g/mol. The molecule has 0 fully saturated rings. The van der Waals surface area contributed by atoms with Gasteiger partial charge in [-0.1, -0.05) is 72.8 Å². The number of rotatable bonds is 6. The molecule has 0 saturated heterocycles. The van der Waals surface area contributed by atoms with Gasteiger partial charge in [-0.05, 0) is 65.9 Å². The maximum absolute atomic E-state index is 13.9. The van der Waals surface area contributed by atoms with Gasteiger partial charge < -0.3 is 14.1 Å². The summed E-state index contributed by atoms with van der Waals surface area (Å²) in [6.45, 7) is 4.75. The molecule has 1 aliphatic rings. The van der Waals surface area contributed by atoms with Crippen LogP contribution in [0, 0.1) is 13.8 Å². The highest BCUT2D eigenvalue weighted by Gasteiger charge is 2.42. The van der Waals surface area contributed by atoms with Gasteiger partial charge in [-0.25, -0.2) is 0 Å². The van der Waals surface area contributed by atoms with E-state index in [1.165, 1.54) is 0 Å². The van der Waals surface area contributed by atoms with Gasteiger partial charge in [0.1, 0.15) is 17.9 Å². The maximum atomic E-state index is 13.9. The molecule has 1 atom stereocenters. The molecule has 0 aliphatic carbocycles. The first-order valence-corrected chi connectivity index (χ1v) is 12.7. The standard InChI is InChI=1S/C33H27NO4/c1-21-17-27-28(18-22(21)2)38-32-29(31(27)35)30(34(33(32)36)19-23-9-5-3-6-10-23)25-13-15-26(16-14-25)37-20-24-11-7-4-8-12-24/h3-18,30H,19-20H2,1-2H3. The van der Waals surface area contributed by atoms with Gasteiger partial charge in [0.05, 0.1) is 17.0 Å². The Morgan fingerprint density at radius 1 is 0.789 bits per heavy atom. The third kappa shape index (κ3) is 4.26. The van der Waals surface area contributed by atoms with Gasteiger partial charge in [0, 0.05) is 6.54 Å². The molecule has 0 radical (unpaired) electrons. The van der Waals surface area contributed by atoms with Gasteiger partial charge in [0.2, 0.25) is 5.76 Å². The number of carbonyl (C=O) groups is 1. The number of fused-ring (bicyclic) bond motifs is 2. The van der Waals surface area contributed by atoms with Crippen LogP contribution >= 0.6 is 0 Å². The van der Waals surface area contributed by atoms with Crippen molar-refractivity contribution in [2.75, 3.05) is 0 Å². The second-order valence-corrected chi connectivity index (χ2v) is 9.77. The number of nitrogens with zero attached hydrogens (tertiary/aromatic N) is 1. The van der Waals surface area contributed by atoms with Crippen molar-refractivity contribution < 1.29 is 13.9 Å². The van der Waals surface area contributed by atoms with Crippen LogP contribution in [0.25, 0.3) is 11.0 Å². The minimum atomic E-state index is -0.567. The highest BCUT2D eigenvalue weighted by atomic mass is 16.5. The number of carbonyl (C=O) groups excluding carboxylic acids is 1. The molecule has 188 valence electrons. The fourth-order valence-electron chi connectivity index (χ4n) is 5.05. The zero-order chi connectivity index (χ0) is 26.2. The fourth-order valence-corrected chi connectivity index (χ4v) is 5.05. The Balaban J connectivity index is 1.42. The third-order valence-corrected chi connectivity index (χ3v) is 7.22. The van der Waals surface area contributed by atoms with E-state index < -0.39 is 6.04 Å². The number of hydrogen-bond acceptors (Lipinski definition) is 4. The summed E-state index contributed by atoms with van der Waals surface area (Å²) in [7, 11) is 0. The fraction of sp³-hybridized carbons (Fsp3) is 0.152. The molecule has 0 bridgehead atoms. The molecule has 1 aliphatic heterocycles. The molecule has 0 saturated carbocycles. The largest absolute Gasteiger partial charge is 0.489 e. The van der Waals surface area contributed by atoms with Crippen molar-refractivity contribution in [2.45, 2.75) is 33.0 Å². The maximum Gasteiger partial charge on any atom is 0.291 e. The summed E-state index contributed by atoms with van der Waals surface area (Å²) in [5, 5.41) is 0.494. The average Bonchev–Trinajstić information content (AvgIpc) is 3.21. The molecule has 5 heteroatoms. The van der Waals surface area contributed by atoms with E-state index >= 15 is 0 Å². The van der Waals surface area contributed by atoms with E-state index in [1.807, 2.05) is 111 Å². The molecule has 2 heterocycles. The zero-order valence-electron chi connectivity index (χ0n) is 21.3. The Morgan fingerprint density at radius 2 is 1.42 bits per heavy atom. The summed E-state index contributed by atoms with van der Waals surface area (Å²) >= 11 is 0. The predicted octanol–water partition coefficient (Wildman–Crippen LogP) is 6.73. The van der Waals surface area contributed by atoms with Crippen molar-refractivity contribution in [2.24, 2.45) is 0 Å². The van der Waals surface area contributed by atoms with Gasteiger partial charge in [-0.15, -0.1) is 0 Å². The second kappa shape index (κ2) is 9.67. The van der Waals surface area contributed by atoms with Crippen molar-refractivity contribution in [1.29, 1.82) is 0 Å². The van der Waals surface area contributed by atoms with E-state index in [-0.39, 0.29) is 17.1 Å². The van der Waals surface area contributed by atoms with Crippen molar-refractivity contribution in [3.05, 3.63) is 146 Å². The average molecular weight is 502 g/mol. The molecule has 0 spiro atoms. The summed E-state index contributed by atoms with van der Waals surface area (Å²) in [5.41, 5.74) is 5.57. The van der Waals surface area contributed by atoms with Crippen molar-refractivity contribution in [3.8, 4) is 5.75 Å². The molecule has 5 nitrogen and oxygen atoms in total. The Labute approximate surface area is 220 Å². The first-order chi connectivity index (χ1) is 18.5. The normalized spacial score (nSPS) is 14.6. The van der Waals surface area contributed by atoms with Crippen molar-refractivity contribution in [3.63, 3.8) is 0 Å². The summed E-state index contributed by atoms with van der Waals surface area (Å²) in [5.74, 6) is 0.556. The topological polar surface area (TPSA) is 59.8 Å². The molecule has 1 unspecified atom stereocenters. The highest BCUT2D eigenvalue weighted by molar-refractivity contribution is 5.99. The Kier molecular flexibility index (Phi) is 6.04. The molecule has 0 N–H and O–H groups in total. The van der Waals surface area contributed by atoms with Gasteiger partial charge in [-0.2, -0.15) is 0 Å². The smallest absolute Gasteiger partial charge is 0.291 e. The van der Waals surface area contributed by atoms with Crippen LogP contribution in [0.5, 0.6) is 5.75 Å². The molecular formula is C33H27NO4. The molecule has 38 heavy (non-hydrogen) atoms. The van der Waals surface area contributed by atoms with Crippen molar-refractivity contribution >= 4 is 16.9 Å². The third-order valence-electron chi connectivity index (χ3n) is 7.22. The number of benzene rings is 4. The van der Waals surface area contributed by atoms with Crippen molar-refractivity contribution in [1.82, 2.24) is 4.90 Å². The van der Waals surface area contributed by atoms with E-state index in [1.54, 1.807) is 4.90 Å². The molecule has 6 rings (SSSR count). The van der Waals surface area contributed by atoms with E-state index in [2.05, 4.69) is 0 Å². The van der Waals surface area contributed by atoms with Gasteiger partial charge in [0.25, 0.3) is 5.91 Å². The number of ether oxygens (including phenoxy) is 1. The summed E-state index contributed by atoms with van der Waals surface area (Å²) in [6, 6.07) is 30.5. The zero-order valence-corrected chi connectivity index (χ0v) is 21.3. The SMILES string of the molecule is Cc1cc2oc3c(c(=O)c2cc1C)C(c1ccc(OCc2ccccc2)cc1)N(Cc1ccccc1)C3=O. The lowest BCUT2D eigenvalue weighted by atomic mass is 9.97. The van der Waals surface area contributed by atoms with E-state index in [9.17, 15) is 9.59 Å². The minimum absolute atomic E-state index is 0.121. The van der Waals surface area contributed by atoms with Crippen LogP contribution in [0.1, 0.15) is 50.0 Å². The summed E-state index contributed by atoms with van der Waals surface area (Å²) in [4.78, 5) is 29.3. The van der Waals surface area contributed by atoms with Crippen LogP contribution in [0.4, 0.5) is 0 Å². The lowest BCUT2D eigenvalue weighted by molar-refractivity contribution is 0.0714. The highest BCUT2D eigenvalue weighted by Crippen LogP contribution is 2.39. The quantitative estimate of drug-likeness (QED) is 0.259. The van der Waals surface area contributed by atoms with Crippen LogP contribution in [0.3, 0.4) is 0 Å². The van der Waals surface area contributed by atoms with Crippen LogP contribution in [0.2, 0.25) is 0 Å². The van der Waals surface area contributed by atoms with Gasteiger partial charge in [-0.3, -0.25) is 9.59 Å².